The number of hydrogen-bond donors (Lipinski definition) is 0. The Kier molecular flexibility index (Phi) is 3.70. The molecule has 1 fully saturated rings. The molecule has 0 aromatic heterocycles. The molecule has 0 bridgehead atoms. The highest BCUT2D eigenvalue weighted by atomic mass is 16.1. The average molecular weight is 242 g/mol. The van der Waals surface area contributed by atoms with Gasteiger partial charge in [0.15, 0.2) is 0 Å². The summed E-state index contributed by atoms with van der Waals surface area (Å²) in [7, 11) is 0. The number of Topliss-reactive ketones (excluding diaryl/α,β-unsaturated/α-hetero) is 1. The van der Waals surface area contributed by atoms with Crippen LogP contribution in [0.15, 0.2) is 29.8 Å². The summed E-state index contributed by atoms with van der Waals surface area (Å²) in [5.41, 5.74) is 4.98. The van der Waals surface area contributed by atoms with Crippen LogP contribution in [0.2, 0.25) is 0 Å². The molecule has 1 aromatic carbocycles. The van der Waals surface area contributed by atoms with E-state index in [0.29, 0.717) is 18.1 Å². The van der Waals surface area contributed by atoms with Crippen LogP contribution in [0.5, 0.6) is 0 Å². The Morgan fingerprint density at radius 2 is 1.83 bits per heavy atom. The van der Waals surface area contributed by atoms with E-state index in [9.17, 15) is 4.79 Å². The molecule has 2 atom stereocenters. The van der Waals surface area contributed by atoms with Crippen molar-refractivity contribution in [3.63, 3.8) is 0 Å². The molecule has 96 valence electrons. The van der Waals surface area contributed by atoms with Gasteiger partial charge in [0.25, 0.3) is 0 Å². The zero-order chi connectivity index (χ0) is 13.3. The van der Waals surface area contributed by atoms with Crippen LogP contribution in [0.25, 0.3) is 0 Å². The molecule has 0 aliphatic heterocycles. The fraction of sp³-hybridized carbons (Fsp3) is 0.471. The molecular weight excluding hydrogens is 220 g/mol. The minimum Gasteiger partial charge on any atom is -0.299 e. The standard InChI is InChI=1S/C17H22O/c1-11(2)5-15-10-16(15)17(18)9-14-7-12(3)6-13(4)8-14/h5-8,15-16H,9-10H2,1-4H3/t15-,16-/m0/s1. The fourth-order valence-electron chi connectivity index (χ4n) is 2.70. The first kappa shape index (κ1) is 13.1. The first-order valence-corrected chi connectivity index (χ1v) is 6.70. The Labute approximate surface area is 110 Å². The first-order chi connectivity index (χ1) is 8.45. The van der Waals surface area contributed by atoms with E-state index in [1.807, 2.05) is 0 Å². The fourth-order valence-corrected chi connectivity index (χ4v) is 2.70. The van der Waals surface area contributed by atoms with Gasteiger partial charge in [-0.15, -0.1) is 0 Å². The molecule has 0 unspecified atom stereocenters. The highest BCUT2D eigenvalue weighted by Crippen LogP contribution is 2.41. The number of hydrogen-bond acceptors (Lipinski definition) is 1. The molecule has 0 spiro atoms. The number of ketones is 1. The summed E-state index contributed by atoms with van der Waals surface area (Å²) < 4.78 is 0. The van der Waals surface area contributed by atoms with Gasteiger partial charge >= 0.3 is 0 Å². The molecule has 0 heterocycles. The van der Waals surface area contributed by atoms with Crippen molar-refractivity contribution in [2.75, 3.05) is 0 Å². The van der Waals surface area contributed by atoms with Gasteiger partial charge in [-0.2, -0.15) is 0 Å². The molecule has 1 aliphatic rings. The van der Waals surface area contributed by atoms with Crippen LogP contribution in [-0.2, 0) is 11.2 Å². The van der Waals surface area contributed by atoms with Crippen molar-refractivity contribution >= 4 is 5.78 Å². The van der Waals surface area contributed by atoms with Crippen molar-refractivity contribution in [3.05, 3.63) is 46.5 Å². The van der Waals surface area contributed by atoms with E-state index in [2.05, 4.69) is 52.0 Å². The predicted molar refractivity (Wildman–Crippen MR) is 75.7 cm³/mol. The van der Waals surface area contributed by atoms with E-state index in [1.165, 1.54) is 22.3 Å². The lowest BCUT2D eigenvalue weighted by molar-refractivity contribution is -0.119. The van der Waals surface area contributed by atoms with E-state index >= 15 is 0 Å². The largest absolute Gasteiger partial charge is 0.299 e. The minimum atomic E-state index is 0.278. The predicted octanol–water partition coefficient (Wildman–Crippen LogP) is 4.02. The second-order valence-corrected chi connectivity index (χ2v) is 5.89. The van der Waals surface area contributed by atoms with Crippen LogP contribution in [-0.4, -0.2) is 5.78 Å². The molecule has 1 aromatic rings. The number of carbonyl (C=O) groups is 1. The van der Waals surface area contributed by atoms with Crippen LogP contribution in [0, 0.1) is 25.7 Å². The third-order valence-corrected chi connectivity index (χ3v) is 3.46. The Morgan fingerprint density at radius 3 is 2.39 bits per heavy atom. The van der Waals surface area contributed by atoms with E-state index in [1.54, 1.807) is 0 Å². The average Bonchev–Trinajstić information content (AvgIpc) is 2.94. The minimum absolute atomic E-state index is 0.278. The molecule has 0 N–H and O–H groups in total. The summed E-state index contributed by atoms with van der Waals surface area (Å²) in [4.78, 5) is 12.2. The Bertz CT molecular complexity index is 472. The molecule has 1 heteroatoms. The normalized spacial score (nSPS) is 21.6. The van der Waals surface area contributed by atoms with Crippen molar-refractivity contribution in [1.82, 2.24) is 0 Å². The maximum Gasteiger partial charge on any atom is 0.140 e. The maximum atomic E-state index is 12.2. The molecule has 1 aliphatic carbocycles. The third-order valence-electron chi connectivity index (χ3n) is 3.46. The molecule has 0 radical (unpaired) electrons. The topological polar surface area (TPSA) is 17.1 Å². The maximum absolute atomic E-state index is 12.2. The highest BCUT2D eigenvalue weighted by molar-refractivity contribution is 5.86. The summed E-state index contributed by atoms with van der Waals surface area (Å²) in [6.07, 6.45) is 3.89. The lowest BCUT2D eigenvalue weighted by Gasteiger charge is -2.04. The van der Waals surface area contributed by atoms with E-state index in [0.717, 1.165) is 6.42 Å². The SMILES string of the molecule is CC(C)=C[C@H]1C[C@@H]1C(=O)Cc1cc(C)cc(C)c1. The van der Waals surface area contributed by atoms with Crippen LogP contribution in [0.1, 0.15) is 37.0 Å². The smallest absolute Gasteiger partial charge is 0.140 e. The second-order valence-electron chi connectivity index (χ2n) is 5.89. The third kappa shape index (κ3) is 3.32. The van der Waals surface area contributed by atoms with Crippen molar-refractivity contribution in [2.24, 2.45) is 11.8 Å². The molecule has 18 heavy (non-hydrogen) atoms. The number of rotatable bonds is 4. The molecule has 1 nitrogen and oxygen atoms in total. The Balaban J connectivity index is 1.98. The van der Waals surface area contributed by atoms with E-state index in [-0.39, 0.29) is 5.92 Å². The number of carbonyl (C=O) groups excluding carboxylic acids is 1. The Hall–Kier alpha value is -1.37. The molecule has 2 rings (SSSR count). The van der Waals surface area contributed by atoms with Crippen LogP contribution in [0.3, 0.4) is 0 Å². The summed E-state index contributed by atoms with van der Waals surface area (Å²) >= 11 is 0. The van der Waals surface area contributed by atoms with Crippen molar-refractivity contribution < 1.29 is 4.79 Å². The van der Waals surface area contributed by atoms with Gasteiger partial charge in [0.2, 0.25) is 0 Å². The van der Waals surface area contributed by atoms with Crippen molar-refractivity contribution in [1.29, 1.82) is 0 Å². The van der Waals surface area contributed by atoms with Gasteiger partial charge in [-0.25, -0.2) is 0 Å². The lowest BCUT2D eigenvalue weighted by atomic mass is 10.0. The molecule has 1 saturated carbocycles. The zero-order valence-electron chi connectivity index (χ0n) is 11.8. The monoisotopic (exact) mass is 242 g/mol. The summed E-state index contributed by atoms with van der Waals surface area (Å²) in [5.74, 6) is 1.19. The van der Waals surface area contributed by atoms with Gasteiger partial charge in [0.05, 0.1) is 0 Å². The van der Waals surface area contributed by atoms with Crippen LogP contribution < -0.4 is 0 Å². The van der Waals surface area contributed by atoms with Gasteiger partial charge in [-0.05, 0) is 45.6 Å². The highest BCUT2D eigenvalue weighted by Gasteiger charge is 2.40. The van der Waals surface area contributed by atoms with Crippen LogP contribution >= 0.6 is 0 Å². The van der Waals surface area contributed by atoms with Gasteiger partial charge in [-0.1, -0.05) is 41.0 Å². The lowest BCUT2D eigenvalue weighted by Crippen LogP contribution is -2.06. The summed E-state index contributed by atoms with van der Waals surface area (Å²) in [6.45, 7) is 8.38. The summed E-state index contributed by atoms with van der Waals surface area (Å²) in [5, 5.41) is 0. The number of aryl methyl sites for hydroxylation is 2. The number of benzene rings is 1. The van der Waals surface area contributed by atoms with Crippen LogP contribution in [0.4, 0.5) is 0 Å². The van der Waals surface area contributed by atoms with Gasteiger partial charge < -0.3 is 0 Å². The van der Waals surface area contributed by atoms with Crippen molar-refractivity contribution in [3.8, 4) is 0 Å². The second kappa shape index (κ2) is 5.09. The van der Waals surface area contributed by atoms with Crippen molar-refractivity contribution in [2.45, 2.75) is 40.5 Å². The molecule has 0 amide bonds. The number of allylic oxidation sites excluding steroid dienone is 2. The first-order valence-electron chi connectivity index (χ1n) is 6.70. The molecular formula is C17H22O. The zero-order valence-corrected chi connectivity index (χ0v) is 11.8. The van der Waals surface area contributed by atoms with E-state index < -0.39 is 0 Å². The summed E-state index contributed by atoms with van der Waals surface area (Å²) in [6, 6.07) is 6.41. The quantitative estimate of drug-likeness (QED) is 0.729. The van der Waals surface area contributed by atoms with E-state index in [4.69, 9.17) is 0 Å². The van der Waals surface area contributed by atoms with Gasteiger partial charge in [-0.3, -0.25) is 4.79 Å². The van der Waals surface area contributed by atoms with Gasteiger partial charge in [0, 0.05) is 12.3 Å². The Morgan fingerprint density at radius 1 is 1.22 bits per heavy atom. The van der Waals surface area contributed by atoms with Gasteiger partial charge in [0.1, 0.15) is 5.78 Å². The molecule has 0 saturated heterocycles.